The van der Waals surface area contributed by atoms with Gasteiger partial charge < -0.3 is 14.8 Å². The number of rotatable bonds is 6. The number of nitrogens with one attached hydrogen (secondary N) is 1. The van der Waals surface area contributed by atoms with Gasteiger partial charge in [0.2, 0.25) is 15.9 Å². The number of para-hydroxylation sites is 2. The molecule has 2 aliphatic rings. The predicted octanol–water partition coefficient (Wildman–Crippen LogP) is 2.10. The number of hydrogen-bond donors (Lipinski definition) is 1. The van der Waals surface area contributed by atoms with E-state index in [4.69, 9.17) is 9.47 Å². The summed E-state index contributed by atoms with van der Waals surface area (Å²) in [7, 11) is -3.58. The van der Waals surface area contributed by atoms with E-state index in [0.717, 1.165) is 10.8 Å². The molecule has 1 atom stereocenters. The van der Waals surface area contributed by atoms with Crippen LogP contribution in [0.5, 0.6) is 11.5 Å². The number of nitrogens with zero attached hydrogens (tertiary/aromatic N) is 2. The zero-order chi connectivity index (χ0) is 23.5. The van der Waals surface area contributed by atoms with Gasteiger partial charge in [-0.2, -0.15) is 4.31 Å². The minimum Gasteiger partial charge on any atom is -0.486 e. The van der Waals surface area contributed by atoms with Gasteiger partial charge in [-0.05, 0) is 35.0 Å². The quantitative estimate of drug-likeness (QED) is 0.580. The monoisotopic (exact) mass is 481 g/mol. The first-order valence-electron chi connectivity index (χ1n) is 11.4. The van der Waals surface area contributed by atoms with E-state index in [9.17, 15) is 13.2 Å². The molecule has 34 heavy (non-hydrogen) atoms. The van der Waals surface area contributed by atoms with Crippen LogP contribution in [0.4, 0.5) is 0 Å². The van der Waals surface area contributed by atoms with Crippen LogP contribution >= 0.6 is 0 Å². The van der Waals surface area contributed by atoms with Crippen LogP contribution in [0.15, 0.2) is 71.6 Å². The van der Waals surface area contributed by atoms with Crippen LogP contribution in [-0.2, 0) is 14.8 Å². The Morgan fingerprint density at radius 1 is 0.912 bits per heavy atom. The van der Waals surface area contributed by atoms with Crippen molar-refractivity contribution in [1.82, 2.24) is 14.5 Å². The number of amides is 1. The standard InChI is InChI=1S/C25H27N3O5S/c29-25(26-16-21-18-32-23-7-3-4-8-24(23)33-21)17-27-11-13-28(14-12-27)34(30,31)22-10-9-19-5-1-2-6-20(19)15-22/h1-10,15,21H,11-14,16-18H2,(H,26,29)/t21-/m1/s1. The Hall–Kier alpha value is -3.14. The van der Waals surface area contributed by atoms with Crippen molar-refractivity contribution in [2.24, 2.45) is 0 Å². The fraction of sp³-hybridized carbons (Fsp3) is 0.320. The number of ether oxygens (including phenoxy) is 2. The van der Waals surface area contributed by atoms with E-state index in [0.29, 0.717) is 55.7 Å². The lowest BCUT2D eigenvalue weighted by molar-refractivity contribution is -0.123. The summed E-state index contributed by atoms with van der Waals surface area (Å²) in [6.45, 7) is 2.63. The molecular weight excluding hydrogens is 454 g/mol. The van der Waals surface area contributed by atoms with Gasteiger partial charge in [0.1, 0.15) is 12.7 Å². The second-order valence-corrected chi connectivity index (χ2v) is 10.4. The Bertz CT molecular complexity index is 1290. The van der Waals surface area contributed by atoms with Crippen LogP contribution < -0.4 is 14.8 Å². The summed E-state index contributed by atoms with van der Waals surface area (Å²) in [5.41, 5.74) is 0. The normalized spacial score (nSPS) is 19.1. The summed E-state index contributed by atoms with van der Waals surface area (Å²) in [6, 6.07) is 20.4. The van der Waals surface area contributed by atoms with E-state index < -0.39 is 10.0 Å². The molecule has 0 bridgehead atoms. The first-order chi connectivity index (χ1) is 16.5. The maximum Gasteiger partial charge on any atom is 0.243 e. The predicted molar refractivity (Wildman–Crippen MR) is 129 cm³/mol. The van der Waals surface area contributed by atoms with Gasteiger partial charge in [0.05, 0.1) is 18.0 Å². The van der Waals surface area contributed by atoms with Crippen molar-refractivity contribution < 1.29 is 22.7 Å². The van der Waals surface area contributed by atoms with Gasteiger partial charge in [-0.1, -0.05) is 42.5 Å². The van der Waals surface area contributed by atoms with Crippen molar-refractivity contribution in [3.63, 3.8) is 0 Å². The summed E-state index contributed by atoms with van der Waals surface area (Å²) < 4.78 is 39.3. The van der Waals surface area contributed by atoms with Gasteiger partial charge in [-0.25, -0.2) is 8.42 Å². The highest BCUT2D eigenvalue weighted by atomic mass is 32.2. The molecule has 1 N–H and O–H groups in total. The Balaban J connectivity index is 1.11. The lowest BCUT2D eigenvalue weighted by atomic mass is 10.1. The molecule has 8 nitrogen and oxygen atoms in total. The molecule has 3 aromatic rings. The van der Waals surface area contributed by atoms with E-state index in [2.05, 4.69) is 5.32 Å². The smallest absolute Gasteiger partial charge is 0.243 e. The molecule has 0 spiro atoms. The van der Waals surface area contributed by atoms with Crippen molar-refractivity contribution in [3.05, 3.63) is 66.7 Å². The molecule has 1 saturated heterocycles. The van der Waals surface area contributed by atoms with Crippen LogP contribution in [0.25, 0.3) is 10.8 Å². The molecule has 0 radical (unpaired) electrons. The highest BCUT2D eigenvalue weighted by molar-refractivity contribution is 7.89. The molecule has 1 fully saturated rings. The third-order valence-electron chi connectivity index (χ3n) is 6.15. The van der Waals surface area contributed by atoms with Crippen molar-refractivity contribution in [2.45, 2.75) is 11.0 Å². The number of fused-ring (bicyclic) bond motifs is 2. The Labute approximate surface area is 199 Å². The van der Waals surface area contributed by atoms with E-state index in [1.54, 1.807) is 12.1 Å². The number of piperazine rings is 1. The highest BCUT2D eigenvalue weighted by Gasteiger charge is 2.29. The van der Waals surface area contributed by atoms with E-state index >= 15 is 0 Å². The van der Waals surface area contributed by atoms with Crippen molar-refractivity contribution >= 4 is 26.7 Å². The molecule has 1 amide bonds. The molecule has 2 aliphatic heterocycles. The van der Waals surface area contributed by atoms with Gasteiger partial charge in [0.15, 0.2) is 11.5 Å². The lowest BCUT2D eigenvalue weighted by Crippen LogP contribution is -2.51. The fourth-order valence-corrected chi connectivity index (χ4v) is 5.71. The molecule has 0 unspecified atom stereocenters. The maximum absolute atomic E-state index is 13.1. The molecule has 178 valence electrons. The van der Waals surface area contributed by atoms with Crippen LogP contribution in [0.3, 0.4) is 0 Å². The number of hydrogen-bond acceptors (Lipinski definition) is 6. The second kappa shape index (κ2) is 9.61. The molecule has 0 saturated carbocycles. The zero-order valence-corrected chi connectivity index (χ0v) is 19.5. The number of carbonyl (C=O) groups excluding carboxylic acids is 1. The summed E-state index contributed by atoms with van der Waals surface area (Å²) in [5.74, 6) is 1.27. The highest BCUT2D eigenvalue weighted by Crippen LogP contribution is 2.30. The third kappa shape index (κ3) is 4.86. The van der Waals surface area contributed by atoms with Gasteiger partial charge in [0.25, 0.3) is 0 Å². The van der Waals surface area contributed by atoms with Crippen molar-refractivity contribution in [3.8, 4) is 11.5 Å². The average molecular weight is 482 g/mol. The van der Waals surface area contributed by atoms with E-state index in [1.807, 2.05) is 59.5 Å². The first kappa shape index (κ1) is 22.6. The first-order valence-corrected chi connectivity index (χ1v) is 12.8. The average Bonchev–Trinajstić information content (AvgIpc) is 2.87. The largest absolute Gasteiger partial charge is 0.486 e. The molecule has 9 heteroatoms. The maximum atomic E-state index is 13.1. The molecule has 2 heterocycles. The fourth-order valence-electron chi connectivity index (χ4n) is 4.26. The van der Waals surface area contributed by atoms with Crippen LogP contribution in [0, 0.1) is 0 Å². The van der Waals surface area contributed by atoms with Gasteiger partial charge in [0, 0.05) is 26.2 Å². The van der Waals surface area contributed by atoms with E-state index in [-0.39, 0.29) is 18.6 Å². The van der Waals surface area contributed by atoms with Gasteiger partial charge >= 0.3 is 0 Å². The van der Waals surface area contributed by atoms with Crippen LogP contribution in [0.1, 0.15) is 0 Å². The Morgan fingerprint density at radius 2 is 1.62 bits per heavy atom. The van der Waals surface area contributed by atoms with Crippen LogP contribution in [-0.4, -0.2) is 75.5 Å². The second-order valence-electron chi connectivity index (χ2n) is 8.49. The zero-order valence-electron chi connectivity index (χ0n) is 18.7. The summed E-state index contributed by atoms with van der Waals surface area (Å²) in [5, 5.41) is 4.80. The van der Waals surface area contributed by atoms with Crippen LogP contribution in [0.2, 0.25) is 0 Å². The molecule has 3 aromatic carbocycles. The molecule has 0 aromatic heterocycles. The Morgan fingerprint density at radius 3 is 2.41 bits per heavy atom. The lowest BCUT2D eigenvalue weighted by Gasteiger charge is -2.33. The van der Waals surface area contributed by atoms with Crippen molar-refractivity contribution in [1.29, 1.82) is 0 Å². The van der Waals surface area contributed by atoms with Gasteiger partial charge in [-0.3, -0.25) is 9.69 Å². The minimum absolute atomic E-state index is 0.117. The number of sulfonamides is 1. The molecular formula is C25H27N3O5S. The SMILES string of the molecule is O=C(CN1CCN(S(=O)(=O)c2ccc3ccccc3c2)CC1)NC[C@@H]1COc2ccccc2O1. The van der Waals surface area contributed by atoms with Gasteiger partial charge in [-0.15, -0.1) is 0 Å². The minimum atomic E-state index is -3.58. The summed E-state index contributed by atoms with van der Waals surface area (Å²) in [6.07, 6.45) is -0.247. The Kier molecular flexibility index (Phi) is 6.40. The topological polar surface area (TPSA) is 88.2 Å². The molecule has 5 rings (SSSR count). The summed E-state index contributed by atoms with van der Waals surface area (Å²) in [4.78, 5) is 14.7. The van der Waals surface area contributed by atoms with E-state index in [1.165, 1.54) is 4.31 Å². The molecule has 0 aliphatic carbocycles. The number of carbonyl (C=O) groups is 1. The third-order valence-corrected chi connectivity index (χ3v) is 8.05. The van der Waals surface area contributed by atoms with Crippen molar-refractivity contribution in [2.75, 3.05) is 45.9 Å². The summed E-state index contributed by atoms with van der Waals surface area (Å²) >= 11 is 0. The number of benzene rings is 3.